The lowest BCUT2D eigenvalue weighted by atomic mass is 10.2. The summed E-state index contributed by atoms with van der Waals surface area (Å²) >= 11 is 11.2. The van der Waals surface area contributed by atoms with Crippen molar-refractivity contribution in [3.63, 3.8) is 0 Å². The Kier molecular flexibility index (Phi) is 6.97. The smallest absolute Gasteiger partial charge is 0.265 e. The second-order valence-electron chi connectivity index (χ2n) is 5.47. The van der Waals surface area contributed by atoms with Crippen molar-refractivity contribution >= 4 is 35.8 Å². The van der Waals surface area contributed by atoms with Gasteiger partial charge in [-0.1, -0.05) is 53.5 Å². The Morgan fingerprint density at radius 1 is 0.893 bits per heavy atom. The topological polar surface area (TPSA) is 104 Å². The third-order valence-corrected chi connectivity index (χ3v) is 4.25. The Hall–Kier alpha value is -3.10. The molecule has 0 unspecified atom stereocenters. The van der Waals surface area contributed by atoms with Crippen LogP contribution >= 0.6 is 23.2 Å². The fourth-order valence-electron chi connectivity index (χ4n) is 2.17. The summed E-state index contributed by atoms with van der Waals surface area (Å²) < 4.78 is 2.50. The van der Waals surface area contributed by atoms with E-state index in [0.29, 0.717) is 18.4 Å². The highest BCUT2D eigenvalue weighted by molar-refractivity contribution is 6.32. The van der Waals surface area contributed by atoms with Gasteiger partial charge in [0.05, 0.1) is 6.33 Å². The standard InChI is InChI=1S/C12H9ClN2O2.C6H5ClN2O2/c1-15-11(8-5-3-2-4-6-8)14-10(13)9(7-16)12(15)17;1-9-3-8-5(7)4(2-10)6(9)11/h2-7H,1H3;2-3H,1H3. The second kappa shape index (κ2) is 9.20. The molecule has 3 aromatic rings. The summed E-state index contributed by atoms with van der Waals surface area (Å²) in [6, 6.07) is 9.17. The molecule has 0 fully saturated rings. The fourth-order valence-corrected chi connectivity index (χ4v) is 2.55. The SMILES string of the molecule is Cn1c(-c2ccccc2)nc(Cl)c(C=O)c1=O.Cn1cnc(Cl)c(C=O)c1=O. The van der Waals surface area contributed by atoms with Gasteiger partial charge < -0.3 is 4.57 Å². The number of benzene rings is 1. The maximum Gasteiger partial charge on any atom is 0.265 e. The molecule has 0 atom stereocenters. The minimum absolute atomic E-state index is 0.0527. The molecule has 0 amide bonds. The molecular formula is C18H14Cl2N4O4. The monoisotopic (exact) mass is 420 g/mol. The average Bonchev–Trinajstić information content (AvgIpc) is 2.70. The highest BCUT2D eigenvalue weighted by atomic mass is 35.5. The number of hydrogen-bond acceptors (Lipinski definition) is 6. The number of aromatic nitrogens is 4. The van der Waals surface area contributed by atoms with Crippen LogP contribution in [0, 0.1) is 0 Å². The maximum atomic E-state index is 11.8. The average molecular weight is 421 g/mol. The maximum absolute atomic E-state index is 11.8. The molecule has 28 heavy (non-hydrogen) atoms. The fraction of sp³-hybridized carbons (Fsp3) is 0.111. The van der Waals surface area contributed by atoms with Gasteiger partial charge in [-0.05, 0) is 0 Å². The van der Waals surface area contributed by atoms with Crippen LogP contribution in [0.2, 0.25) is 10.3 Å². The summed E-state index contributed by atoms with van der Waals surface area (Å²) in [6.07, 6.45) is 2.09. The number of rotatable bonds is 3. The van der Waals surface area contributed by atoms with E-state index in [1.54, 1.807) is 7.05 Å². The lowest BCUT2D eigenvalue weighted by Crippen LogP contribution is -2.24. The van der Waals surface area contributed by atoms with Crippen LogP contribution in [0.1, 0.15) is 20.7 Å². The van der Waals surface area contributed by atoms with Gasteiger partial charge >= 0.3 is 0 Å². The third kappa shape index (κ3) is 4.41. The molecule has 2 aromatic heterocycles. The van der Waals surface area contributed by atoms with Gasteiger partial charge in [0.2, 0.25) is 0 Å². The van der Waals surface area contributed by atoms with E-state index in [2.05, 4.69) is 9.97 Å². The van der Waals surface area contributed by atoms with Gasteiger partial charge in [0.25, 0.3) is 11.1 Å². The van der Waals surface area contributed by atoms with E-state index < -0.39 is 11.1 Å². The van der Waals surface area contributed by atoms with Gasteiger partial charge in [0, 0.05) is 19.7 Å². The molecule has 2 heterocycles. The van der Waals surface area contributed by atoms with Gasteiger partial charge in [0.1, 0.15) is 27.3 Å². The van der Waals surface area contributed by atoms with Crippen LogP contribution in [0.4, 0.5) is 0 Å². The van der Waals surface area contributed by atoms with Gasteiger partial charge in [0.15, 0.2) is 12.6 Å². The number of halogens is 2. The summed E-state index contributed by atoms with van der Waals surface area (Å²) in [5.74, 6) is 0.436. The van der Waals surface area contributed by atoms with Crippen LogP contribution in [0.5, 0.6) is 0 Å². The first kappa shape index (κ1) is 21.2. The molecular weight excluding hydrogens is 407 g/mol. The number of carbonyl (C=O) groups is 2. The normalized spacial score (nSPS) is 10.0. The zero-order valence-corrected chi connectivity index (χ0v) is 16.3. The largest absolute Gasteiger partial charge is 0.302 e. The zero-order chi connectivity index (χ0) is 20.8. The summed E-state index contributed by atoms with van der Waals surface area (Å²) in [4.78, 5) is 51.5. The summed E-state index contributed by atoms with van der Waals surface area (Å²) in [6.45, 7) is 0. The van der Waals surface area contributed by atoms with Gasteiger partial charge in [-0.25, -0.2) is 9.97 Å². The van der Waals surface area contributed by atoms with Crippen LogP contribution in [-0.2, 0) is 14.1 Å². The minimum Gasteiger partial charge on any atom is -0.302 e. The van der Waals surface area contributed by atoms with Crippen LogP contribution in [0.25, 0.3) is 11.4 Å². The molecule has 1 aromatic carbocycles. The first-order valence-corrected chi connectivity index (χ1v) is 8.50. The molecule has 0 aliphatic rings. The van der Waals surface area contributed by atoms with Crippen molar-refractivity contribution in [1.82, 2.24) is 19.1 Å². The molecule has 0 saturated heterocycles. The highest BCUT2D eigenvalue weighted by Crippen LogP contribution is 2.17. The van der Waals surface area contributed by atoms with Crippen LogP contribution in [-0.4, -0.2) is 31.7 Å². The second-order valence-corrected chi connectivity index (χ2v) is 6.19. The molecule has 0 N–H and O–H groups in total. The van der Waals surface area contributed by atoms with Crippen molar-refractivity contribution in [1.29, 1.82) is 0 Å². The van der Waals surface area contributed by atoms with Gasteiger partial charge in [-0.2, -0.15) is 0 Å². The Balaban J connectivity index is 0.000000221. The molecule has 8 nitrogen and oxygen atoms in total. The summed E-state index contributed by atoms with van der Waals surface area (Å²) in [7, 11) is 3.06. The quantitative estimate of drug-likeness (QED) is 0.474. The van der Waals surface area contributed by atoms with E-state index in [9.17, 15) is 19.2 Å². The van der Waals surface area contributed by atoms with Gasteiger partial charge in [-0.3, -0.25) is 23.7 Å². The Bertz CT molecular complexity index is 1140. The molecule has 10 heteroatoms. The number of aryl methyl sites for hydroxylation is 1. The van der Waals surface area contributed by atoms with Crippen molar-refractivity contribution < 1.29 is 9.59 Å². The number of carbonyl (C=O) groups excluding carboxylic acids is 2. The van der Waals surface area contributed by atoms with Crippen molar-refractivity contribution in [2.45, 2.75) is 0 Å². The summed E-state index contributed by atoms with van der Waals surface area (Å²) in [5, 5.41) is -0.120. The predicted molar refractivity (Wildman–Crippen MR) is 105 cm³/mol. The Morgan fingerprint density at radius 3 is 2.00 bits per heavy atom. The van der Waals surface area contributed by atoms with E-state index in [1.807, 2.05) is 30.3 Å². The molecule has 3 rings (SSSR count). The molecule has 0 aliphatic heterocycles. The van der Waals surface area contributed by atoms with Crippen LogP contribution < -0.4 is 11.1 Å². The minimum atomic E-state index is -0.446. The first-order valence-electron chi connectivity index (χ1n) is 7.75. The van der Waals surface area contributed by atoms with Crippen molar-refractivity contribution in [3.05, 3.63) is 78.8 Å². The molecule has 0 spiro atoms. The van der Waals surface area contributed by atoms with Crippen LogP contribution in [0.15, 0.2) is 46.2 Å². The Labute approximate surface area is 169 Å². The summed E-state index contributed by atoms with van der Waals surface area (Å²) in [5.41, 5.74) is -0.323. The van der Waals surface area contributed by atoms with E-state index >= 15 is 0 Å². The Morgan fingerprint density at radius 2 is 1.46 bits per heavy atom. The van der Waals surface area contributed by atoms with E-state index in [0.717, 1.165) is 5.56 Å². The molecule has 144 valence electrons. The van der Waals surface area contributed by atoms with E-state index in [4.69, 9.17) is 23.2 Å². The highest BCUT2D eigenvalue weighted by Gasteiger charge is 2.13. The van der Waals surface area contributed by atoms with Gasteiger partial charge in [-0.15, -0.1) is 0 Å². The number of nitrogens with zero attached hydrogens (tertiary/aromatic N) is 4. The first-order chi connectivity index (χ1) is 13.3. The van der Waals surface area contributed by atoms with Crippen molar-refractivity contribution in [3.8, 4) is 11.4 Å². The molecule has 0 saturated carbocycles. The third-order valence-electron chi connectivity index (χ3n) is 3.66. The molecule has 0 bridgehead atoms. The zero-order valence-electron chi connectivity index (χ0n) is 14.8. The van der Waals surface area contributed by atoms with Crippen molar-refractivity contribution in [2.24, 2.45) is 14.1 Å². The molecule has 0 aliphatic carbocycles. The predicted octanol–water partition coefficient (Wildman–Crippen LogP) is 2.16. The van der Waals surface area contributed by atoms with Crippen LogP contribution in [0.3, 0.4) is 0 Å². The molecule has 0 radical (unpaired) electrons. The number of aldehydes is 2. The van der Waals surface area contributed by atoms with Crippen molar-refractivity contribution in [2.75, 3.05) is 0 Å². The van der Waals surface area contributed by atoms with E-state index in [-0.39, 0.29) is 21.4 Å². The number of hydrogen-bond donors (Lipinski definition) is 0. The lowest BCUT2D eigenvalue weighted by molar-refractivity contribution is 0.111. The van der Waals surface area contributed by atoms with E-state index in [1.165, 1.54) is 22.5 Å². The lowest BCUT2D eigenvalue weighted by Gasteiger charge is -2.08.